The Kier molecular flexibility index (Phi) is 5.95. The minimum absolute atomic E-state index is 0. The third-order valence-electron chi connectivity index (χ3n) is 0. The van der Waals surface area contributed by atoms with Crippen LogP contribution in [0.1, 0.15) is 0 Å². The average Bonchev–Trinajstić information content (AvgIpc) is 0.722. The summed E-state index contributed by atoms with van der Waals surface area (Å²) in [5, 5.41) is 0. The second-order valence-corrected chi connectivity index (χ2v) is 0.495. The number of hydrogen-bond donors (Lipinski definition) is 0. The van der Waals surface area contributed by atoms with E-state index in [1.54, 1.807) is 0 Å². The predicted molar refractivity (Wildman–Crippen MR) is 17.3 cm³/mol. The van der Waals surface area contributed by atoms with Gasteiger partial charge in [0.1, 0.15) is 0 Å². The van der Waals surface area contributed by atoms with E-state index >= 15 is 0 Å². The number of rotatable bonds is 0. The van der Waals surface area contributed by atoms with Crippen molar-refractivity contribution in [1.82, 2.24) is 0 Å². The molecule has 0 aromatic carbocycles. The number of halogens is 4. The van der Waals surface area contributed by atoms with Crippen LogP contribution in [0, 0.1) is 0 Å². The number of hydrogen-bond acceptors (Lipinski definition) is 0. The molecule has 0 bridgehead atoms. The van der Waals surface area contributed by atoms with E-state index in [1.807, 2.05) is 0 Å². The monoisotopic (exact) mass is 127 g/mol. The van der Waals surface area contributed by atoms with Gasteiger partial charge in [-0.3, -0.25) is 0 Å². The third-order valence-corrected chi connectivity index (χ3v) is 0. The van der Waals surface area contributed by atoms with Crippen LogP contribution in [0.4, 0.5) is 17.3 Å². The summed E-state index contributed by atoms with van der Waals surface area (Å²) in [5.74, 6) is 0. The maximum absolute atomic E-state index is 9.75. The molecule has 0 aromatic rings. The summed E-state index contributed by atoms with van der Waals surface area (Å²) in [6, 6.07) is 0. The summed E-state index contributed by atoms with van der Waals surface area (Å²) in [5.41, 5.74) is 0. The topological polar surface area (TPSA) is 0 Å². The van der Waals surface area contributed by atoms with E-state index < -0.39 is 7.25 Å². The zero-order valence-electron chi connectivity index (χ0n) is 2.09. The van der Waals surface area contributed by atoms with Crippen LogP contribution in [0.15, 0.2) is 0 Å². The van der Waals surface area contributed by atoms with E-state index in [9.17, 15) is 17.3 Å². The normalized spacial score (nSPS) is 10.0. The van der Waals surface area contributed by atoms with Crippen LogP contribution in [-0.2, 0) is 0 Å². The van der Waals surface area contributed by atoms with Gasteiger partial charge in [-0.1, -0.05) is 0 Å². The van der Waals surface area contributed by atoms with Crippen molar-refractivity contribution in [3.05, 3.63) is 0 Å². The van der Waals surface area contributed by atoms with Crippen LogP contribution in [0.3, 0.4) is 0 Å². The van der Waals surface area contributed by atoms with E-state index in [4.69, 9.17) is 0 Å². The Morgan fingerprint density at radius 2 is 0.833 bits per heavy atom. The van der Waals surface area contributed by atoms with Gasteiger partial charge in [-0.2, -0.15) is 0 Å². The van der Waals surface area contributed by atoms with E-state index in [-0.39, 0.29) is 51.4 Å². The minimum atomic E-state index is -6.00. The van der Waals surface area contributed by atoms with Crippen molar-refractivity contribution in [2.24, 2.45) is 0 Å². The fraction of sp³-hybridized carbons (Fsp3) is 0. The van der Waals surface area contributed by atoms with Gasteiger partial charge in [-0.05, 0) is 0 Å². The molecule has 0 spiro atoms. The molecule has 0 rings (SSSR count). The Morgan fingerprint density at radius 1 is 0.833 bits per heavy atom. The molecule has 0 saturated carbocycles. The van der Waals surface area contributed by atoms with Gasteiger partial charge in [0.2, 0.25) is 0 Å². The molecule has 0 unspecified atom stereocenters. The van der Waals surface area contributed by atoms with Crippen molar-refractivity contribution in [3.63, 3.8) is 0 Å². The molecule has 0 nitrogen and oxygen atoms in total. The van der Waals surface area contributed by atoms with Crippen molar-refractivity contribution >= 4 is 58.6 Å². The molecular weight excluding hydrogens is 126 g/mol. The summed E-state index contributed by atoms with van der Waals surface area (Å²) < 4.78 is 39.0. The van der Waals surface area contributed by atoms with Crippen LogP contribution in [-0.4, -0.2) is 58.6 Å². The van der Waals surface area contributed by atoms with Gasteiger partial charge < -0.3 is 17.3 Å². The molecule has 0 fully saturated rings. The van der Waals surface area contributed by atoms with Crippen LogP contribution in [0.25, 0.3) is 0 Å². The van der Waals surface area contributed by atoms with Crippen LogP contribution in [0.2, 0.25) is 0 Å². The van der Waals surface area contributed by atoms with Gasteiger partial charge in [-0.15, -0.1) is 0 Å². The molecule has 0 aromatic heterocycles. The molecule has 0 aliphatic heterocycles. The Balaban J connectivity index is 0. The zero-order valence-corrected chi connectivity index (χ0v) is 2.09. The predicted octanol–water partition coefficient (Wildman–Crippen LogP) is 0.651. The standard InChI is InChI=1S/BF4.K.H/c2-1(3,4)5;;/q-1;;. The second kappa shape index (κ2) is 3.43. The van der Waals surface area contributed by atoms with Gasteiger partial charge in [0.05, 0.1) is 0 Å². The van der Waals surface area contributed by atoms with Crippen LogP contribution < -0.4 is 0 Å². The first kappa shape index (κ1) is 10.4. The first-order chi connectivity index (χ1) is 2.00. The first-order valence-electron chi connectivity index (χ1n) is 0.873. The molecule has 0 atom stereocenters. The molecule has 6 heteroatoms. The van der Waals surface area contributed by atoms with Crippen molar-refractivity contribution in [1.29, 1.82) is 0 Å². The van der Waals surface area contributed by atoms with E-state index in [1.165, 1.54) is 0 Å². The van der Waals surface area contributed by atoms with Gasteiger partial charge in [-0.25, -0.2) is 0 Å². The fourth-order valence-corrected chi connectivity index (χ4v) is 0. The molecular formula is HBF4K-. The summed E-state index contributed by atoms with van der Waals surface area (Å²) >= 11 is 0. The molecule has 34 valence electrons. The van der Waals surface area contributed by atoms with Gasteiger partial charge in [0.15, 0.2) is 0 Å². The summed E-state index contributed by atoms with van der Waals surface area (Å²) in [6.45, 7) is 0. The molecule has 0 aliphatic rings. The van der Waals surface area contributed by atoms with Crippen molar-refractivity contribution in [2.45, 2.75) is 0 Å². The molecule has 0 saturated heterocycles. The summed E-state index contributed by atoms with van der Waals surface area (Å²) in [6.07, 6.45) is 0. The Bertz CT molecular complexity index is 23.0. The Morgan fingerprint density at radius 3 is 0.833 bits per heavy atom. The van der Waals surface area contributed by atoms with Crippen LogP contribution >= 0.6 is 0 Å². The van der Waals surface area contributed by atoms with E-state index in [0.717, 1.165) is 0 Å². The molecule has 0 N–H and O–H groups in total. The molecule has 0 amide bonds. The fourth-order valence-electron chi connectivity index (χ4n) is 0. The van der Waals surface area contributed by atoms with Crippen molar-refractivity contribution < 1.29 is 17.3 Å². The van der Waals surface area contributed by atoms with Gasteiger partial charge >= 0.3 is 58.6 Å². The Labute approximate surface area is 74.8 Å². The van der Waals surface area contributed by atoms with Crippen molar-refractivity contribution in [3.8, 4) is 0 Å². The van der Waals surface area contributed by atoms with Crippen LogP contribution in [0.5, 0.6) is 0 Å². The SMILES string of the molecule is F[B-](F)(F)F.[KH]. The zero-order chi connectivity index (χ0) is 4.50. The van der Waals surface area contributed by atoms with Gasteiger partial charge in [0.25, 0.3) is 0 Å². The van der Waals surface area contributed by atoms with Crippen molar-refractivity contribution in [2.75, 3.05) is 0 Å². The van der Waals surface area contributed by atoms with E-state index in [2.05, 4.69) is 0 Å². The summed E-state index contributed by atoms with van der Waals surface area (Å²) in [4.78, 5) is 0. The second-order valence-electron chi connectivity index (χ2n) is 0.495. The average molecular weight is 127 g/mol. The Hall–Kier alpha value is 1.42. The van der Waals surface area contributed by atoms with Gasteiger partial charge in [0, 0.05) is 0 Å². The third kappa shape index (κ3) is 52.5. The quantitative estimate of drug-likeness (QED) is 0.331. The first-order valence-corrected chi connectivity index (χ1v) is 0.873. The summed E-state index contributed by atoms with van der Waals surface area (Å²) in [7, 11) is -6.00. The molecule has 0 aliphatic carbocycles. The molecule has 0 radical (unpaired) electrons. The van der Waals surface area contributed by atoms with E-state index in [0.29, 0.717) is 0 Å². The molecule has 0 heterocycles. The maximum atomic E-state index is 9.75. The molecule has 6 heavy (non-hydrogen) atoms.